The van der Waals surface area contributed by atoms with Gasteiger partial charge >= 0.3 is 0 Å². The van der Waals surface area contributed by atoms with Crippen LogP contribution in [0.4, 0.5) is 0 Å². The lowest BCUT2D eigenvalue weighted by atomic mass is 9.99. The van der Waals surface area contributed by atoms with Crippen molar-refractivity contribution in [1.29, 1.82) is 0 Å². The molecule has 0 radical (unpaired) electrons. The van der Waals surface area contributed by atoms with Crippen molar-refractivity contribution in [2.24, 2.45) is 0 Å². The first kappa shape index (κ1) is 13.4. The minimum absolute atomic E-state index is 0.344. The van der Waals surface area contributed by atoms with Crippen molar-refractivity contribution >= 4 is 0 Å². The SMILES string of the molecule is CNC(Cn1cnc2c1CCCC2)c1ccccc1C. The second kappa shape index (κ2) is 5.80. The first-order valence-corrected chi connectivity index (χ1v) is 7.55. The van der Waals surface area contributed by atoms with Crippen LogP contribution in [-0.2, 0) is 19.4 Å². The van der Waals surface area contributed by atoms with Gasteiger partial charge in [-0.15, -0.1) is 0 Å². The van der Waals surface area contributed by atoms with E-state index in [2.05, 4.69) is 46.1 Å². The third-order valence-corrected chi connectivity index (χ3v) is 4.40. The fourth-order valence-corrected chi connectivity index (χ4v) is 3.21. The van der Waals surface area contributed by atoms with E-state index in [0.29, 0.717) is 6.04 Å². The van der Waals surface area contributed by atoms with Gasteiger partial charge in [0.05, 0.1) is 18.1 Å². The molecule has 0 saturated heterocycles. The summed E-state index contributed by atoms with van der Waals surface area (Å²) in [4.78, 5) is 4.60. The van der Waals surface area contributed by atoms with Crippen LogP contribution in [-0.4, -0.2) is 16.6 Å². The Kier molecular flexibility index (Phi) is 3.88. The Morgan fingerprint density at radius 1 is 1.25 bits per heavy atom. The largest absolute Gasteiger partial charge is 0.332 e. The Morgan fingerprint density at radius 2 is 2.05 bits per heavy atom. The monoisotopic (exact) mass is 269 g/mol. The van der Waals surface area contributed by atoms with Crippen LogP contribution in [0.5, 0.6) is 0 Å². The number of aromatic nitrogens is 2. The molecule has 1 N–H and O–H groups in total. The van der Waals surface area contributed by atoms with E-state index in [1.165, 1.54) is 41.8 Å². The molecule has 0 amide bonds. The molecule has 1 atom stereocenters. The predicted octanol–water partition coefficient (Wildman–Crippen LogP) is 3.03. The molecular weight excluding hydrogens is 246 g/mol. The smallest absolute Gasteiger partial charge is 0.0952 e. The number of imidazole rings is 1. The van der Waals surface area contributed by atoms with E-state index < -0.39 is 0 Å². The summed E-state index contributed by atoms with van der Waals surface area (Å²) in [6, 6.07) is 8.97. The van der Waals surface area contributed by atoms with Crippen molar-refractivity contribution in [2.45, 2.75) is 45.2 Å². The van der Waals surface area contributed by atoms with Crippen molar-refractivity contribution in [2.75, 3.05) is 7.05 Å². The summed E-state index contributed by atoms with van der Waals surface area (Å²) < 4.78 is 2.35. The van der Waals surface area contributed by atoms with E-state index in [9.17, 15) is 0 Å². The maximum atomic E-state index is 4.60. The van der Waals surface area contributed by atoms with Crippen molar-refractivity contribution in [3.63, 3.8) is 0 Å². The number of fused-ring (bicyclic) bond motifs is 1. The van der Waals surface area contributed by atoms with E-state index in [0.717, 1.165) is 13.0 Å². The highest BCUT2D eigenvalue weighted by molar-refractivity contribution is 5.29. The Bertz CT molecular complexity index is 586. The number of likely N-dealkylation sites (N-methyl/N-ethyl adjacent to an activating group) is 1. The number of benzene rings is 1. The molecule has 106 valence electrons. The second-order valence-corrected chi connectivity index (χ2v) is 5.70. The number of nitrogens with one attached hydrogen (secondary N) is 1. The Morgan fingerprint density at radius 3 is 2.85 bits per heavy atom. The summed E-state index contributed by atoms with van der Waals surface area (Å²) in [5.41, 5.74) is 5.50. The topological polar surface area (TPSA) is 29.9 Å². The van der Waals surface area contributed by atoms with Crippen LogP contribution in [0.15, 0.2) is 30.6 Å². The maximum absolute atomic E-state index is 4.60. The molecule has 3 nitrogen and oxygen atoms in total. The zero-order chi connectivity index (χ0) is 13.9. The molecule has 0 fully saturated rings. The highest BCUT2D eigenvalue weighted by Crippen LogP contribution is 2.24. The molecule has 20 heavy (non-hydrogen) atoms. The quantitative estimate of drug-likeness (QED) is 0.924. The van der Waals surface area contributed by atoms with Gasteiger partial charge in [0.1, 0.15) is 0 Å². The molecule has 1 unspecified atom stereocenters. The number of nitrogens with zero attached hydrogens (tertiary/aromatic N) is 2. The summed E-state index contributed by atoms with van der Waals surface area (Å²) in [5.74, 6) is 0. The van der Waals surface area contributed by atoms with Crippen molar-refractivity contribution in [1.82, 2.24) is 14.9 Å². The molecule has 1 aliphatic rings. The van der Waals surface area contributed by atoms with Gasteiger partial charge in [-0.05, 0) is 50.8 Å². The van der Waals surface area contributed by atoms with Gasteiger partial charge in [0, 0.05) is 12.2 Å². The summed E-state index contributed by atoms with van der Waals surface area (Å²) in [6.45, 7) is 3.15. The van der Waals surface area contributed by atoms with Crippen LogP contribution < -0.4 is 5.32 Å². The second-order valence-electron chi connectivity index (χ2n) is 5.70. The van der Waals surface area contributed by atoms with Crippen LogP contribution in [0.25, 0.3) is 0 Å². The van der Waals surface area contributed by atoms with E-state index in [4.69, 9.17) is 0 Å². The van der Waals surface area contributed by atoms with Crippen molar-refractivity contribution < 1.29 is 0 Å². The number of rotatable bonds is 4. The molecule has 0 spiro atoms. The fraction of sp³-hybridized carbons (Fsp3) is 0.471. The van der Waals surface area contributed by atoms with Crippen LogP contribution in [0.3, 0.4) is 0 Å². The molecule has 1 heterocycles. The van der Waals surface area contributed by atoms with Gasteiger partial charge in [0.15, 0.2) is 0 Å². The lowest BCUT2D eigenvalue weighted by Crippen LogP contribution is -2.23. The molecule has 0 bridgehead atoms. The molecule has 3 rings (SSSR count). The van der Waals surface area contributed by atoms with Crippen LogP contribution in [0.1, 0.15) is 41.4 Å². The lowest BCUT2D eigenvalue weighted by Gasteiger charge is -2.22. The van der Waals surface area contributed by atoms with Crippen molar-refractivity contribution in [3.8, 4) is 0 Å². The standard InChI is InChI=1S/C17H23N3/c1-13-7-3-4-8-14(13)16(18-2)11-20-12-19-15-9-5-6-10-17(15)20/h3-4,7-8,12,16,18H,5-6,9-11H2,1-2H3. The van der Waals surface area contributed by atoms with Crippen LogP contribution in [0.2, 0.25) is 0 Å². The van der Waals surface area contributed by atoms with E-state index in [-0.39, 0.29) is 0 Å². The third-order valence-electron chi connectivity index (χ3n) is 4.40. The first-order valence-electron chi connectivity index (χ1n) is 7.55. The Balaban J connectivity index is 1.85. The highest BCUT2D eigenvalue weighted by Gasteiger charge is 2.18. The van der Waals surface area contributed by atoms with Gasteiger partial charge < -0.3 is 9.88 Å². The molecule has 0 saturated carbocycles. The third kappa shape index (κ3) is 2.50. The summed E-state index contributed by atoms with van der Waals surface area (Å²) >= 11 is 0. The molecule has 1 aromatic heterocycles. The normalized spacial score (nSPS) is 15.9. The Labute approximate surface area is 121 Å². The number of hydrogen-bond acceptors (Lipinski definition) is 2. The lowest BCUT2D eigenvalue weighted by molar-refractivity contribution is 0.481. The average Bonchev–Trinajstić information content (AvgIpc) is 2.89. The van der Waals surface area contributed by atoms with E-state index in [1.54, 1.807) is 0 Å². The maximum Gasteiger partial charge on any atom is 0.0952 e. The van der Waals surface area contributed by atoms with Gasteiger partial charge in [0.25, 0.3) is 0 Å². The van der Waals surface area contributed by atoms with Gasteiger partial charge in [-0.3, -0.25) is 0 Å². The predicted molar refractivity (Wildman–Crippen MR) is 81.8 cm³/mol. The molecule has 1 aromatic carbocycles. The van der Waals surface area contributed by atoms with E-state index in [1.807, 2.05) is 13.4 Å². The van der Waals surface area contributed by atoms with Crippen LogP contribution in [0, 0.1) is 6.92 Å². The number of aryl methyl sites for hydroxylation is 2. The molecular formula is C17H23N3. The first-order chi connectivity index (χ1) is 9.79. The zero-order valence-electron chi connectivity index (χ0n) is 12.4. The van der Waals surface area contributed by atoms with Gasteiger partial charge in [0.2, 0.25) is 0 Å². The highest BCUT2D eigenvalue weighted by atomic mass is 15.1. The molecule has 3 heteroatoms. The Hall–Kier alpha value is -1.61. The van der Waals surface area contributed by atoms with Crippen LogP contribution >= 0.6 is 0 Å². The summed E-state index contributed by atoms with van der Waals surface area (Å²) in [5, 5.41) is 3.46. The molecule has 1 aliphatic carbocycles. The molecule has 2 aromatic rings. The average molecular weight is 269 g/mol. The van der Waals surface area contributed by atoms with Gasteiger partial charge in [-0.2, -0.15) is 0 Å². The fourth-order valence-electron chi connectivity index (χ4n) is 3.21. The van der Waals surface area contributed by atoms with E-state index >= 15 is 0 Å². The summed E-state index contributed by atoms with van der Waals surface area (Å²) in [7, 11) is 2.04. The minimum Gasteiger partial charge on any atom is -0.332 e. The molecule has 0 aliphatic heterocycles. The minimum atomic E-state index is 0.344. The van der Waals surface area contributed by atoms with Crippen molar-refractivity contribution in [3.05, 3.63) is 53.1 Å². The van der Waals surface area contributed by atoms with Gasteiger partial charge in [-0.1, -0.05) is 24.3 Å². The van der Waals surface area contributed by atoms with Gasteiger partial charge in [-0.25, -0.2) is 4.98 Å². The zero-order valence-corrected chi connectivity index (χ0v) is 12.4. The number of hydrogen-bond donors (Lipinski definition) is 1. The summed E-state index contributed by atoms with van der Waals surface area (Å²) in [6.07, 6.45) is 6.94.